The summed E-state index contributed by atoms with van der Waals surface area (Å²) in [7, 11) is 1.57. The van der Waals surface area contributed by atoms with Crippen LogP contribution in [-0.4, -0.2) is 25.7 Å². The summed E-state index contributed by atoms with van der Waals surface area (Å²) >= 11 is 0. The molecule has 6 nitrogen and oxygen atoms in total. The molecule has 0 bridgehead atoms. The number of methoxy groups -OCH3 is 1. The summed E-state index contributed by atoms with van der Waals surface area (Å²) < 4.78 is 10.1. The minimum Gasteiger partial charge on any atom is -0.497 e. The highest BCUT2D eigenvalue weighted by molar-refractivity contribution is 5.91. The van der Waals surface area contributed by atoms with Gasteiger partial charge in [0.25, 0.3) is 0 Å². The summed E-state index contributed by atoms with van der Waals surface area (Å²) in [5.41, 5.74) is 1.46. The molecule has 0 heterocycles. The second-order valence-corrected chi connectivity index (χ2v) is 5.31. The van der Waals surface area contributed by atoms with Gasteiger partial charge in [0.1, 0.15) is 5.75 Å². The number of hydrogen-bond acceptors (Lipinski definition) is 4. The summed E-state index contributed by atoms with van der Waals surface area (Å²) in [6, 6.07) is 15.9. The zero-order valence-corrected chi connectivity index (χ0v) is 14.3. The van der Waals surface area contributed by atoms with Crippen LogP contribution in [0.1, 0.15) is 24.9 Å². The fourth-order valence-corrected chi connectivity index (χ4v) is 2.35. The van der Waals surface area contributed by atoms with Gasteiger partial charge in [0.2, 0.25) is 5.91 Å². The first-order chi connectivity index (χ1) is 12.1. The van der Waals surface area contributed by atoms with E-state index in [1.54, 1.807) is 38.3 Å². The maximum absolute atomic E-state index is 12.4. The Kier molecular flexibility index (Phi) is 6.83. The summed E-state index contributed by atoms with van der Waals surface area (Å²) in [5, 5.41) is 5.54. The van der Waals surface area contributed by atoms with Crippen LogP contribution in [0.25, 0.3) is 0 Å². The number of ether oxygens (including phenoxy) is 2. The second-order valence-electron chi connectivity index (χ2n) is 5.31. The molecule has 2 N–H and O–H groups in total. The van der Waals surface area contributed by atoms with E-state index in [1.807, 2.05) is 30.3 Å². The molecule has 0 aliphatic heterocycles. The molecule has 2 rings (SSSR count). The van der Waals surface area contributed by atoms with E-state index in [0.717, 1.165) is 5.56 Å². The topological polar surface area (TPSA) is 76.7 Å². The van der Waals surface area contributed by atoms with Crippen molar-refractivity contribution in [3.8, 4) is 5.75 Å². The number of benzene rings is 2. The van der Waals surface area contributed by atoms with Gasteiger partial charge in [0.05, 0.1) is 26.2 Å². The van der Waals surface area contributed by atoms with Crippen LogP contribution in [0.15, 0.2) is 54.6 Å². The number of rotatable bonds is 7. The maximum Gasteiger partial charge on any atom is 0.407 e. The highest BCUT2D eigenvalue weighted by atomic mass is 16.5. The number of nitrogens with one attached hydrogen (secondary N) is 2. The van der Waals surface area contributed by atoms with Crippen LogP contribution in [-0.2, 0) is 9.53 Å². The van der Waals surface area contributed by atoms with Crippen LogP contribution in [0.2, 0.25) is 0 Å². The molecule has 25 heavy (non-hydrogen) atoms. The fraction of sp³-hybridized carbons (Fsp3) is 0.263. The number of carbonyl (C=O) groups is 2. The molecule has 0 aliphatic rings. The SMILES string of the molecule is CCOC(=O)N[C@H](CC(=O)Nc1cccc(OC)c1)c1ccccc1. The van der Waals surface area contributed by atoms with Gasteiger partial charge >= 0.3 is 6.09 Å². The Morgan fingerprint density at radius 2 is 1.84 bits per heavy atom. The second kappa shape index (κ2) is 9.32. The Morgan fingerprint density at radius 3 is 2.52 bits per heavy atom. The lowest BCUT2D eigenvalue weighted by Crippen LogP contribution is -2.32. The van der Waals surface area contributed by atoms with Crippen molar-refractivity contribution < 1.29 is 19.1 Å². The molecule has 6 heteroatoms. The Hall–Kier alpha value is -3.02. The number of hydrogen-bond donors (Lipinski definition) is 2. The molecule has 0 radical (unpaired) electrons. The summed E-state index contributed by atoms with van der Waals surface area (Å²) in [6.45, 7) is 2.00. The van der Waals surface area contributed by atoms with Crippen molar-refractivity contribution in [3.05, 3.63) is 60.2 Å². The highest BCUT2D eigenvalue weighted by Gasteiger charge is 2.19. The van der Waals surface area contributed by atoms with Gasteiger partial charge < -0.3 is 20.1 Å². The van der Waals surface area contributed by atoms with E-state index in [4.69, 9.17) is 9.47 Å². The Labute approximate surface area is 147 Å². The van der Waals surface area contributed by atoms with E-state index in [0.29, 0.717) is 11.4 Å². The monoisotopic (exact) mass is 342 g/mol. The molecule has 132 valence electrons. The van der Waals surface area contributed by atoms with Crippen molar-refractivity contribution in [1.29, 1.82) is 0 Å². The molecular formula is C19H22N2O4. The molecule has 2 aromatic rings. The third-order valence-electron chi connectivity index (χ3n) is 3.51. The predicted octanol–water partition coefficient (Wildman–Crippen LogP) is 3.51. The van der Waals surface area contributed by atoms with Gasteiger partial charge in [-0.25, -0.2) is 4.79 Å². The summed E-state index contributed by atoms with van der Waals surface area (Å²) in [4.78, 5) is 24.2. The predicted molar refractivity (Wildman–Crippen MR) is 95.6 cm³/mol. The van der Waals surface area contributed by atoms with E-state index in [2.05, 4.69) is 10.6 Å². The van der Waals surface area contributed by atoms with Crippen LogP contribution < -0.4 is 15.4 Å². The average molecular weight is 342 g/mol. The lowest BCUT2D eigenvalue weighted by atomic mass is 10.0. The highest BCUT2D eigenvalue weighted by Crippen LogP contribution is 2.20. The molecular weight excluding hydrogens is 320 g/mol. The Bertz CT molecular complexity index is 704. The fourth-order valence-electron chi connectivity index (χ4n) is 2.35. The normalized spacial score (nSPS) is 11.3. The Balaban J connectivity index is 2.06. The van der Waals surface area contributed by atoms with Gasteiger partial charge in [-0.2, -0.15) is 0 Å². The van der Waals surface area contributed by atoms with Crippen LogP contribution in [0.4, 0.5) is 10.5 Å². The molecule has 2 amide bonds. The largest absolute Gasteiger partial charge is 0.497 e. The first-order valence-electron chi connectivity index (χ1n) is 8.04. The van der Waals surface area contributed by atoms with Gasteiger partial charge in [0.15, 0.2) is 0 Å². The number of alkyl carbamates (subject to hydrolysis) is 1. The van der Waals surface area contributed by atoms with E-state index >= 15 is 0 Å². The first-order valence-corrected chi connectivity index (χ1v) is 8.04. The molecule has 1 atom stereocenters. The zero-order valence-electron chi connectivity index (χ0n) is 14.3. The van der Waals surface area contributed by atoms with Crippen LogP contribution >= 0.6 is 0 Å². The van der Waals surface area contributed by atoms with Crippen LogP contribution in [0.3, 0.4) is 0 Å². The van der Waals surface area contributed by atoms with Gasteiger partial charge in [0, 0.05) is 11.8 Å². The standard InChI is InChI=1S/C19H22N2O4/c1-3-25-19(23)21-17(14-8-5-4-6-9-14)13-18(22)20-15-10-7-11-16(12-15)24-2/h4-12,17H,3,13H2,1-2H3,(H,20,22)(H,21,23)/t17-/m1/s1. The molecule has 0 saturated heterocycles. The zero-order chi connectivity index (χ0) is 18.1. The third kappa shape index (κ3) is 5.84. The molecule has 0 aliphatic carbocycles. The number of carbonyl (C=O) groups excluding carboxylic acids is 2. The maximum atomic E-state index is 12.4. The van der Waals surface area contributed by atoms with E-state index in [9.17, 15) is 9.59 Å². The minimum absolute atomic E-state index is 0.0834. The van der Waals surface area contributed by atoms with Gasteiger partial charge in [-0.15, -0.1) is 0 Å². The molecule has 0 aromatic heterocycles. The lowest BCUT2D eigenvalue weighted by molar-refractivity contribution is -0.116. The van der Waals surface area contributed by atoms with Gasteiger partial charge in [-0.3, -0.25) is 4.79 Å². The van der Waals surface area contributed by atoms with Crippen molar-refractivity contribution >= 4 is 17.7 Å². The Morgan fingerprint density at radius 1 is 1.08 bits per heavy atom. The van der Waals surface area contributed by atoms with E-state index in [1.165, 1.54) is 0 Å². The number of anilines is 1. The van der Waals surface area contributed by atoms with Crippen LogP contribution in [0, 0.1) is 0 Å². The average Bonchev–Trinajstić information content (AvgIpc) is 2.62. The third-order valence-corrected chi connectivity index (χ3v) is 3.51. The van der Waals surface area contributed by atoms with Crippen molar-refractivity contribution in [2.24, 2.45) is 0 Å². The molecule has 0 fully saturated rings. The first kappa shape index (κ1) is 18.3. The van der Waals surface area contributed by atoms with Gasteiger partial charge in [-0.1, -0.05) is 36.4 Å². The summed E-state index contributed by atoms with van der Waals surface area (Å²) in [6.07, 6.45) is -0.467. The molecule has 2 aromatic carbocycles. The lowest BCUT2D eigenvalue weighted by Gasteiger charge is -2.18. The van der Waals surface area contributed by atoms with Crippen LogP contribution in [0.5, 0.6) is 5.75 Å². The smallest absolute Gasteiger partial charge is 0.407 e. The summed E-state index contributed by atoms with van der Waals surface area (Å²) in [5.74, 6) is 0.431. The van der Waals surface area contributed by atoms with Crippen molar-refractivity contribution in [2.75, 3.05) is 19.0 Å². The van der Waals surface area contributed by atoms with E-state index in [-0.39, 0.29) is 18.9 Å². The van der Waals surface area contributed by atoms with Crippen molar-refractivity contribution in [2.45, 2.75) is 19.4 Å². The quantitative estimate of drug-likeness (QED) is 0.807. The number of amides is 2. The van der Waals surface area contributed by atoms with Gasteiger partial charge in [-0.05, 0) is 24.6 Å². The van der Waals surface area contributed by atoms with Crippen molar-refractivity contribution in [3.63, 3.8) is 0 Å². The molecule has 0 spiro atoms. The van der Waals surface area contributed by atoms with Crippen molar-refractivity contribution in [1.82, 2.24) is 5.32 Å². The minimum atomic E-state index is -0.550. The molecule has 0 unspecified atom stereocenters. The van der Waals surface area contributed by atoms with E-state index < -0.39 is 12.1 Å². The molecule has 0 saturated carbocycles.